The lowest BCUT2D eigenvalue weighted by Gasteiger charge is -2.10. The Bertz CT molecular complexity index is 1170. The predicted octanol–water partition coefficient (Wildman–Crippen LogP) is 4.30. The van der Waals surface area contributed by atoms with Gasteiger partial charge < -0.3 is 4.74 Å². The number of ether oxygens (including phenoxy) is 1. The number of unbranched alkanes of at least 4 members (excludes halogenated alkanes) is 1. The van der Waals surface area contributed by atoms with Crippen molar-refractivity contribution in [1.29, 1.82) is 0 Å². The van der Waals surface area contributed by atoms with E-state index in [1.54, 1.807) is 6.92 Å². The van der Waals surface area contributed by atoms with E-state index in [1.165, 1.54) is 0 Å². The quantitative estimate of drug-likeness (QED) is 0.398. The fourth-order valence-corrected chi connectivity index (χ4v) is 3.62. The van der Waals surface area contributed by atoms with Crippen LogP contribution in [0.25, 0.3) is 22.5 Å². The van der Waals surface area contributed by atoms with Gasteiger partial charge in [0.05, 0.1) is 13.2 Å². The summed E-state index contributed by atoms with van der Waals surface area (Å²) in [5, 5.41) is 18.9. The minimum Gasteiger partial charge on any atom is -0.461 e. The van der Waals surface area contributed by atoms with Gasteiger partial charge in [0.25, 0.3) is 0 Å². The molecule has 2 heterocycles. The first-order valence-electron chi connectivity index (χ1n) is 10.9. The van der Waals surface area contributed by atoms with Crippen LogP contribution in [0.3, 0.4) is 0 Å². The Morgan fingerprint density at radius 1 is 1.06 bits per heavy atom. The normalized spacial score (nSPS) is 10.9. The SMILES string of the molecule is CCCCc1cc(C(=O)OCC)nn1Cc1ccc(-c2ccccc2-c2nn[nH]n2)cc1. The summed E-state index contributed by atoms with van der Waals surface area (Å²) in [6, 6.07) is 18.1. The lowest BCUT2D eigenvalue weighted by atomic mass is 9.98. The lowest BCUT2D eigenvalue weighted by molar-refractivity contribution is 0.0518. The first-order chi connectivity index (χ1) is 15.7. The monoisotopic (exact) mass is 430 g/mol. The van der Waals surface area contributed by atoms with Gasteiger partial charge in [0.2, 0.25) is 5.82 Å². The van der Waals surface area contributed by atoms with Crippen LogP contribution in [0.5, 0.6) is 0 Å². The van der Waals surface area contributed by atoms with Crippen molar-refractivity contribution in [2.45, 2.75) is 39.7 Å². The number of aromatic nitrogens is 6. The van der Waals surface area contributed by atoms with Crippen LogP contribution in [0.1, 0.15) is 48.4 Å². The minimum absolute atomic E-state index is 0.336. The molecule has 32 heavy (non-hydrogen) atoms. The molecule has 0 amide bonds. The number of hydrogen-bond acceptors (Lipinski definition) is 6. The van der Waals surface area contributed by atoms with Gasteiger partial charge in [0.1, 0.15) is 0 Å². The van der Waals surface area contributed by atoms with Crippen molar-refractivity contribution in [3.8, 4) is 22.5 Å². The zero-order chi connectivity index (χ0) is 22.3. The third-order valence-electron chi connectivity index (χ3n) is 5.24. The summed E-state index contributed by atoms with van der Waals surface area (Å²) in [6.07, 6.45) is 2.99. The molecular weight excluding hydrogens is 404 g/mol. The van der Waals surface area contributed by atoms with Crippen molar-refractivity contribution in [3.05, 3.63) is 71.5 Å². The van der Waals surface area contributed by atoms with Crippen LogP contribution < -0.4 is 0 Å². The first kappa shape index (κ1) is 21.4. The number of tetrazole rings is 1. The Labute approximate surface area is 186 Å². The zero-order valence-electron chi connectivity index (χ0n) is 18.3. The van der Waals surface area contributed by atoms with Gasteiger partial charge in [-0.3, -0.25) is 4.68 Å². The molecule has 2 aromatic heterocycles. The second-order valence-corrected chi connectivity index (χ2v) is 7.48. The molecule has 0 bridgehead atoms. The number of H-pyrrole nitrogens is 1. The third-order valence-corrected chi connectivity index (χ3v) is 5.24. The van der Waals surface area contributed by atoms with E-state index >= 15 is 0 Å². The average molecular weight is 431 g/mol. The highest BCUT2D eigenvalue weighted by molar-refractivity contribution is 5.87. The largest absolute Gasteiger partial charge is 0.461 e. The molecule has 164 valence electrons. The lowest BCUT2D eigenvalue weighted by Crippen LogP contribution is -2.09. The maximum Gasteiger partial charge on any atom is 0.358 e. The zero-order valence-corrected chi connectivity index (χ0v) is 18.3. The average Bonchev–Trinajstić information content (AvgIpc) is 3.49. The number of carbonyl (C=O) groups excluding carboxylic acids is 1. The molecule has 0 saturated heterocycles. The van der Waals surface area contributed by atoms with Gasteiger partial charge in [-0.2, -0.15) is 10.3 Å². The van der Waals surface area contributed by atoms with Crippen molar-refractivity contribution >= 4 is 5.97 Å². The first-order valence-corrected chi connectivity index (χ1v) is 10.9. The number of hydrogen-bond donors (Lipinski definition) is 1. The molecule has 4 aromatic rings. The Balaban J connectivity index is 1.58. The molecule has 0 saturated carbocycles. The van der Waals surface area contributed by atoms with Gasteiger partial charge in [0.15, 0.2) is 5.69 Å². The molecule has 0 unspecified atom stereocenters. The Kier molecular flexibility index (Phi) is 6.69. The van der Waals surface area contributed by atoms with Gasteiger partial charge in [-0.25, -0.2) is 4.79 Å². The summed E-state index contributed by atoms with van der Waals surface area (Å²) in [7, 11) is 0. The highest BCUT2D eigenvalue weighted by Gasteiger charge is 2.16. The highest BCUT2D eigenvalue weighted by Crippen LogP contribution is 2.29. The summed E-state index contributed by atoms with van der Waals surface area (Å²) < 4.78 is 7.03. The third kappa shape index (κ3) is 4.74. The summed E-state index contributed by atoms with van der Waals surface area (Å²) in [4.78, 5) is 12.2. The molecule has 1 N–H and O–H groups in total. The van der Waals surface area contributed by atoms with E-state index in [0.717, 1.165) is 47.2 Å². The molecule has 0 aliphatic heterocycles. The van der Waals surface area contributed by atoms with E-state index < -0.39 is 0 Å². The maximum absolute atomic E-state index is 12.2. The second-order valence-electron chi connectivity index (χ2n) is 7.48. The van der Waals surface area contributed by atoms with Gasteiger partial charge in [-0.1, -0.05) is 61.9 Å². The Hall–Kier alpha value is -3.81. The van der Waals surface area contributed by atoms with Crippen LogP contribution in [0.2, 0.25) is 0 Å². The number of nitrogens with zero attached hydrogens (tertiary/aromatic N) is 5. The van der Waals surface area contributed by atoms with Crippen molar-refractivity contribution in [3.63, 3.8) is 0 Å². The number of carbonyl (C=O) groups is 1. The van der Waals surface area contributed by atoms with E-state index in [2.05, 4.69) is 56.9 Å². The number of esters is 1. The van der Waals surface area contributed by atoms with E-state index in [4.69, 9.17) is 4.74 Å². The number of aromatic amines is 1. The standard InChI is InChI=1S/C24H26N6O2/c1-3-5-8-19-15-22(24(31)32-4-2)27-30(19)16-17-11-13-18(14-12-17)20-9-6-7-10-21(20)23-25-28-29-26-23/h6-7,9-15H,3-5,8,16H2,1-2H3,(H,25,26,28,29). The molecule has 4 rings (SSSR count). The van der Waals surface area contributed by atoms with Crippen LogP contribution in [-0.4, -0.2) is 43.0 Å². The highest BCUT2D eigenvalue weighted by atomic mass is 16.5. The molecule has 0 fully saturated rings. The molecular formula is C24H26N6O2. The number of nitrogens with one attached hydrogen (secondary N) is 1. The Morgan fingerprint density at radius 2 is 1.84 bits per heavy atom. The molecule has 8 heteroatoms. The molecule has 0 radical (unpaired) electrons. The number of rotatable bonds is 9. The van der Waals surface area contributed by atoms with Crippen molar-refractivity contribution in [1.82, 2.24) is 30.4 Å². The van der Waals surface area contributed by atoms with E-state index in [-0.39, 0.29) is 5.97 Å². The van der Waals surface area contributed by atoms with Crippen molar-refractivity contribution in [2.75, 3.05) is 6.61 Å². The molecule has 0 aliphatic carbocycles. The van der Waals surface area contributed by atoms with E-state index in [0.29, 0.717) is 24.7 Å². The van der Waals surface area contributed by atoms with Crippen LogP contribution in [0, 0.1) is 0 Å². The molecule has 0 aliphatic rings. The van der Waals surface area contributed by atoms with E-state index in [9.17, 15) is 4.79 Å². The van der Waals surface area contributed by atoms with Gasteiger partial charge >= 0.3 is 5.97 Å². The fraction of sp³-hybridized carbons (Fsp3) is 0.292. The summed E-state index contributed by atoms with van der Waals surface area (Å²) in [6.45, 7) is 4.87. The summed E-state index contributed by atoms with van der Waals surface area (Å²) in [5.74, 6) is 0.186. The number of aryl methyl sites for hydroxylation is 1. The maximum atomic E-state index is 12.2. The Morgan fingerprint density at radius 3 is 2.53 bits per heavy atom. The molecule has 0 spiro atoms. The fourth-order valence-electron chi connectivity index (χ4n) is 3.62. The van der Waals surface area contributed by atoms with Gasteiger partial charge in [0, 0.05) is 11.3 Å². The van der Waals surface area contributed by atoms with Crippen molar-refractivity contribution in [2.24, 2.45) is 0 Å². The number of benzene rings is 2. The van der Waals surface area contributed by atoms with Crippen molar-refractivity contribution < 1.29 is 9.53 Å². The van der Waals surface area contributed by atoms with Gasteiger partial charge in [-0.05, 0) is 47.7 Å². The molecule has 2 aromatic carbocycles. The smallest absolute Gasteiger partial charge is 0.358 e. The van der Waals surface area contributed by atoms with Crippen LogP contribution in [0.4, 0.5) is 0 Å². The van der Waals surface area contributed by atoms with E-state index in [1.807, 2.05) is 35.0 Å². The molecule has 0 atom stereocenters. The summed E-state index contributed by atoms with van der Waals surface area (Å²) >= 11 is 0. The van der Waals surface area contributed by atoms with Gasteiger partial charge in [-0.15, -0.1) is 10.2 Å². The molecule has 8 nitrogen and oxygen atoms in total. The van der Waals surface area contributed by atoms with Crippen LogP contribution >= 0.6 is 0 Å². The predicted molar refractivity (Wildman–Crippen MR) is 121 cm³/mol. The second kappa shape index (κ2) is 10.00. The summed E-state index contributed by atoms with van der Waals surface area (Å²) in [5.41, 5.74) is 5.52. The minimum atomic E-state index is -0.377. The van der Waals surface area contributed by atoms with Crippen LogP contribution in [0.15, 0.2) is 54.6 Å². The van der Waals surface area contributed by atoms with Crippen LogP contribution in [-0.2, 0) is 17.7 Å². The topological polar surface area (TPSA) is 98.6 Å².